The van der Waals surface area contributed by atoms with Crippen molar-refractivity contribution in [1.82, 2.24) is 20.1 Å². The van der Waals surface area contributed by atoms with Gasteiger partial charge in [-0.2, -0.15) is 5.10 Å². The molecule has 0 spiro atoms. The van der Waals surface area contributed by atoms with Crippen molar-refractivity contribution in [2.75, 3.05) is 0 Å². The standard InChI is InChI=1S/C14H26N4/c1-4-12-6-5-7-13(8-12)18-14(16-10-17-18)9-15-11(2)3/h10-13,15H,4-9H2,1-3H3. The van der Waals surface area contributed by atoms with Crippen molar-refractivity contribution in [3.63, 3.8) is 0 Å². The summed E-state index contributed by atoms with van der Waals surface area (Å²) in [5.74, 6) is 1.96. The normalized spacial score (nSPS) is 24.7. The zero-order valence-corrected chi connectivity index (χ0v) is 11.9. The number of aromatic nitrogens is 3. The summed E-state index contributed by atoms with van der Waals surface area (Å²) in [5, 5.41) is 7.88. The molecule has 1 N–H and O–H groups in total. The molecule has 0 aromatic carbocycles. The van der Waals surface area contributed by atoms with E-state index in [1.165, 1.54) is 32.1 Å². The van der Waals surface area contributed by atoms with Crippen LogP contribution in [0.15, 0.2) is 6.33 Å². The molecule has 1 saturated carbocycles. The van der Waals surface area contributed by atoms with E-state index in [-0.39, 0.29) is 0 Å². The molecular formula is C14H26N4. The Morgan fingerprint density at radius 1 is 1.44 bits per heavy atom. The quantitative estimate of drug-likeness (QED) is 0.873. The molecule has 2 unspecified atom stereocenters. The van der Waals surface area contributed by atoms with Crippen molar-refractivity contribution >= 4 is 0 Å². The maximum Gasteiger partial charge on any atom is 0.141 e. The van der Waals surface area contributed by atoms with Crippen molar-refractivity contribution in [2.45, 2.75) is 71.5 Å². The Morgan fingerprint density at radius 3 is 3.00 bits per heavy atom. The first-order chi connectivity index (χ1) is 8.70. The highest BCUT2D eigenvalue weighted by Crippen LogP contribution is 2.34. The second-order valence-corrected chi connectivity index (χ2v) is 5.75. The smallest absolute Gasteiger partial charge is 0.141 e. The van der Waals surface area contributed by atoms with Gasteiger partial charge < -0.3 is 5.32 Å². The summed E-state index contributed by atoms with van der Waals surface area (Å²) >= 11 is 0. The lowest BCUT2D eigenvalue weighted by Crippen LogP contribution is -2.27. The van der Waals surface area contributed by atoms with E-state index in [1.807, 2.05) is 0 Å². The first kappa shape index (κ1) is 13.5. The molecule has 0 aliphatic heterocycles. The summed E-state index contributed by atoms with van der Waals surface area (Å²) in [6.07, 6.45) is 8.25. The van der Waals surface area contributed by atoms with Crippen molar-refractivity contribution in [2.24, 2.45) is 5.92 Å². The fourth-order valence-corrected chi connectivity index (χ4v) is 2.86. The van der Waals surface area contributed by atoms with Gasteiger partial charge in [0.1, 0.15) is 12.2 Å². The average Bonchev–Trinajstić information content (AvgIpc) is 2.84. The molecule has 4 heteroatoms. The first-order valence-corrected chi connectivity index (χ1v) is 7.32. The number of hydrogen-bond acceptors (Lipinski definition) is 3. The second-order valence-electron chi connectivity index (χ2n) is 5.75. The lowest BCUT2D eigenvalue weighted by molar-refractivity contribution is 0.242. The van der Waals surface area contributed by atoms with E-state index in [4.69, 9.17) is 0 Å². The Balaban J connectivity index is 2.01. The number of rotatable bonds is 5. The Bertz CT molecular complexity index is 358. The minimum Gasteiger partial charge on any atom is -0.308 e. The van der Waals surface area contributed by atoms with Crippen LogP contribution in [0.3, 0.4) is 0 Å². The molecule has 0 bridgehead atoms. The topological polar surface area (TPSA) is 42.7 Å². The number of hydrogen-bond donors (Lipinski definition) is 1. The Hall–Kier alpha value is -0.900. The van der Waals surface area contributed by atoms with E-state index in [1.54, 1.807) is 6.33 Å². The van der Waals surface area contributed by atoms with Crippen LogP contribution >= 0.6 is 0 Å². The van der Waals surface area contributed by atoms with E-state index in [2.05, 4.69) is 40.9 Å². The van der Waals surface area contributed by atoms with Gasteiger partial charge in [0.2, 0.25) is 0 Å². The number of nitrogens with one attached hydrogen (secondary N) is 1. The second kappa shape index (κ2) is 6.32. The van der Waals surface area contributed by atoms with Crippen LogP contribution in [0.5, 0.6) is 0 Å². The maximum atomic E-state index is 4.45. The fourth-order valence-electron chi connectivity index (χ4n) is 2.86. The highest BCUT2D eigenvalue weighted by molar-refractivity contribution is 4.89. The lowest BCUT2D eigenvalue weighted by Gasteiger charge is -2.29. The van der Waals surface area contributed by atoms with Gasteiger partial charge in [-0.05, 0) is 18.8 Å². The van der Waals surface area contributed by atoms with Crippen LogP contribution < -0.4 is 5.32 Å². The molecule has 2 rings (SSSR count). The van der Waals surface area contributed by atoms with E-state index >= 15 is 0 Å². The Labute approximate surface area is 110 Å². The van der Waals surface area contributed by atoms with Gasteiger partial charge in [-0.25, -0.2) is 9.67 Å². The van der Waals surface area contributed by atoms with Crippen LogP contribution in [0, 0.1) is 5.92 Å². The summed E-state index contributed by atoms with van der Waals surface area (Å²) in [4.78, 5) is 4.40. The molecule has 0 radical (unpaired) electrons. The maximum absolute atomic E-state index is 4.45. The average molecular weight is 250 g/mol. The van der Waals surface area contributed by atoms with Crippen LogP contribution in [0.4, 0.5) is 0 Å². The van der Waals surface area contributed by atoms with Crippen LogP contribution in [-0.4, -0.2) is 20.8 Å². The largest absolute Gasteiger partial charge is 0.308 e. The SMILES string of the molecule is CCC1CCCC(n2ncnc2CNC(C)C)C1. The molecule has 1 aromatic heterocycles. The zero-order valence-electron chi connectivity index (χ0n) is 11.9. The third-order valence-corrected chi connectivity index (χ3v) is 3.99. The molecule has 1 aromatic rings. The molecule has 1 fully saturated rings. The molecule has 18 heavy (non-hydrogen) atoms. The van der Waals surface area contributed by atoms with Crippen molar-refractivity contribution in [3.8, 4) is 0 Å². The molecule has 1 aliphatic rings. The molecular weight excluding hydrogens is 224 g/mol. The van der Waals surface area contributed by atoms with Crippen LogP contribution in [0.1, 0.15) is 64.7 Å². The van der Waals surface area contributed by atoms with Crippen molar-refractivity contribution < 1.29 is 0 Å². The summed E-state index contributed by atoms with van der Waals surface area (Å²) in [6.45, 7) is 7.45. The van der Waals surface area contributed by atoms with Gasteiger partial charge in [-0.15, -0.1) is 0 Å². The molecule has 1 aliphatic carbocycles. The molecule has 1 heterocycles. The molecule has 2 atom stereocenters. The monoisotopic (exact) mass is 250 g/mol. The van der Waals surface area contributed by atoms with Crippen molar-refractivity contribution in [3.05, 3.63) is 12.2 Å². The van der Waals surface area contributed by atoms with Crippen molar-refractivity contribution in [1.29, 1.82) is 0 Å². The minimum atomic E-state index is 0.491. The van der Waals surface area contributed by atoms with Crippen LogP contribution in [0.2, 0.25) is 0 Å². The molecule has 0 amide bonds. The molecule has 4 nitrogen and oxygen atoms in total. The van der Waals surface area contributed by atoms with Gasteiger partial charge >= 0.3 is 0 Å². The van der Waals surface area contributed by atoms with E-state index in [9.17, 15) is 0 Å². The van der Waals surface area contributed by atoms with Gasteiger partial charge in [-0.3, -0.25) is 0 Å². The van der Waals surface area contributed by atoms with Gasteiger partial charge in [0.05, 0.1) is 12.6 Å². The van der Waals surface area contributed by atoms with Crippen LogP contribution in [0.25, 0.3) is 0 Å². The highest BCUT2D eigenvalue weighted by Gasteiger charge is 2.24. The Kier molecular flexibility index (Phi) is 4.75. The summed E-state index contributed by atoms with van der Waals surface area (Å²) < 4.78 is 2.16. The van der Waals surface area contributed by atoms with Gasteiger partial charge in [0.15, 0.2) is 0 Å². The molecule has 102 valence electrons. The van der Waals surface area contributed by atoms with E-state index < -0.39 is 0 Å². The lowest BCUT2D eigenvalue weighted by atomic mass is 9.84. The fraction of sp³-hybridized carbons (Fsp3) is 0.857. The van der Waals surface area contributed by atoms with Gasteiger partial charge in [0.25, 0.3) is 0 Å². The van der Waals surface area contributed by atoms with E-state index in [0.717, 1.165) is 18.3 Å². The predicted octanol–water partition coefficient (Wildman–Crippen LogP) is 2.92. The summed E-state index contributed by atoms with van der Waals surface area (Å²) in [7, 11) is 0. The minimum absolute atomic E-state index is 0.491. The van der Waals surface area contributed by atoms with Crippen LogP contribution in [-0.2, 0) is 6.54 Å². The van der Waals surface area contributed by atoms with E-state index in [0.29, 0.717) is 12.1 Å². The summed E-state index contributed by atoms with van der Waals surface area (Å²) in [5.41, 5.74) is 0. The summed E-state index contributed by atoms with van der Waals surface area (Å²) in [6, 6.07) is 1.06. The highest BCUT2D eigenvalue weighted by atomic mass is 15.4. The zero-order chi connectivity index (χ0) is 13.0. The third kappa shape index (κ3) is 3.31. The van der Waals surface area contributed by atoms with Gasteiger partial charge in [-0.1, -0.05) is 40.0 Å². The predicted molar refractivity (Wildman–Crippen MR) is 73.3 cm³/mol. The number of nitrogens with zero attached hydrogens (tertiary/aromatic N) is 3. The van der Waals surface area contributed by atoms with Gasteiger partial charge in [0, 0.05) is 6.04 Å². The first-order valence-electron chi connectivity index (χ1n) is 7.32. The third-order valence-electron chi connectivity index (χ3n) is 3.99. The molecule has 0 saturated heterocycles. The Morgan fingerprint density at radius 2 is 2.28 bits per heavy atom.